The van der Waals surface area contributed by atoms with Crippen LogP contribution in [0.25, 0.3) is 21.5 Å². The Hall–Kier alpha value is -7.78. The molecule has 14 nitrogen and oxygen atoms in total. The van der Waals surface area contributed by atoms with E-state index >= 15 is 0 Å². The number of nitrogen functional groups attached to an aromatic ring is 1. The van der Waals surface area contributed by atoms with Crippen LogP contribution in [0, 0.1) is 27.7 Å². The first-order valence-corrected chi connectivity index (χ1v) is 17.7. The molecule has 0 heterocycles. The second-order valence-electron chi connectivity index (χ2n) is 13.5. The van der Waals surface area contributed by atoms with Gasteiger partial charge in [-0.25, -0.2) is 0 Å². The maximum atomic E-state index is 13.1. The molecule has 59 heavy (non-hydrogen) atoms. The Morgan fingerprint density at radius 1 is 0.576 bits per heavy atom. The van der Waals surface area contributed by atoms with Gasteiger partial charge in [0, 0.05) is 34.7 Å². The van der Waals surface area contributed by atoms with E-state index in [9.17, 15) is 40.2 Å². The number of hydrogen-bond donors (Lipinski definition) is 10. The molecule has 7 aromatic rings. The van der Waals surface area contributed by atoms with Crippen LogP contribution in [0.4, 0.5) is 17.1 Å². The average molecular weight is 801 g/mol. The van der Waals surface area contributed by atoms with E-state index in [4.69, 9.17) is 20.8 Å². The van der Waals surface area contributed by atoms with Crippen molar-refractivity contribution in [2.45, 2.75) is 27.7 Å². The molecule has 0 amide bonds. The van der Waals surface area contributed by atoms with E-state index in [1.54, 1.807) is 78.9 Å². The number of benzene rings is 7. The van der Waals surface area contributed by atoms with Gasteiger partial charge in [0.1, 0.15) is 40.2 Å². The summed E-state index contributed by atoms with van der Waals surface area (Å²) < 4.78 is 8.70. The normalized spacial score (nSPS) is 11.1. The summed E-state index contributed by atoms with van der Waals surface area (Å²) in [6.07, 6.45) is 0. The zero-order chi connectivity index (χ0) is 43.3. The van der Waals surface area contributed by atoms with Crippen LogP contribution < -0.4 is 11.1 Å². The van der Waals surface area contributed by atoms with Gasteiger partial charge >= 0.3 is 22.1 Å². The van der Waals surface area contributed by atoms with E-state index in [2.05, 4.69) is 10.1 Å². The maximum Gasteiger partial charge on any atom is 0.135 e. The third-order valence-corrected chi connectivity index (χ3v) is 9.52. The third-order valence-electron chi connectivity index (χ3n) is 9.52. The Morgan fingerprint density at radius 2 is 0.966 bits per heavy atom. The van der Waals surface area contributed by atoms with Crippen LogP contribution in [0.3, 0.4) is 0 Å². The van der Waals surface area contributed by atoms with Gasteiger partial charge in [0.2, 0.25) is 0 Å². The molecule has 0 spiro atoms. The topological polar surface area (TPSA) is 260 Å². The molecule has 302 valence electrons. The molecule has 0 aliphatic heterocycles. The third kappa shape index (κ3) is 8.50. The molecule has 7 aromatic carbocycles. The van der Waals surface area contributed by atoms with Crippen molar-refractivity contribution in [2.75, 3.05) is 11.1 Å². The Morgan fingerprint density at radius 3 is 1.41 bits per heavy atom. The zero-order valence-corrected chi connectivity index (χ0v) is 32.1. The van der Waals surface area contributed by atoms with Crippen LogP contribution in [-0.2, 0) is 9.51 Å². The van der Waals surface area contributed by atoms with Crippen molar-refractivity contribution in [2.24, 2.45) is 0 Å². The number of fused-ring (bicyclic) bond motifs is 4. The van der Waals surface area contributed by atoms with Crippen LogP contribution in [-0.4, -0.2) is 59.9 Å². The Labute approximate surface area is 339 Å². The molecule has 8 rings (SSSR count). The minimum atomic E-state index is -0.375. The molecular weight excluding hydrogens is 759 g/mol. The minimum Gasteiger partial charge on any atom is -0.507 e. The standard InChI is InChI=1S/C22H17NO4.C14H10O4.C8H11NO.BHO3.H2/c1-11-9-13(24)10-12(2)20(11)23-16-7-8-17(25)19-18(16)21(26)14-5-3-4-6-15(14)22(19)27;15-9-5-6-10(16)12-11(9)13(17)7-3-1-2-4-8(7)14(12)18;1-5-3-7(10)4-6(2)8(5)9;2-1-4-3;/h3-10,23-25H,1-2H3;1-6,15-18H;3-4,10H,9H2,1-2H3;3H;1H. The average Bonchev–Trinajstić information content (AvgIpc) is 3.21. The number of aromatic hydroxyl groups is 7. The molecule has 0 aromatic heterocycles. The summed E-state index contributed by atoms with van der Waals surface area (Å²) in [5, 5.41) is 80.1. The molecule has 1 aliphatic carbocycles. The summed E-state index contributed by atoms with van der Waals surface area (Å²) in [6.45, 7) is 7.43. The summed E-state index contributed by atoms with van der Waals surface area (Å²) in [6, 6.07) is 25.4. The quantitative estimate of drug-likeness (QED) is 0.0201. The fourth-order valence-electron chi connectivity index (χ4n) is 6.76. The van der Waals surface area contributed by atoms with Crippen LogP contribution in [0.15, 0.2) is 97.1 Å². The molecule has 0 saturated carbocycles. The van der Waals surface area contributed by atoms with Gasteiger partial charge in [-0.15, -0.1) is 0 Å². The molecular formula is C44H41BN2O12. The molecule has 0 atom stereocenters. The van der Waals surface area contributed by atoms with Crippen LogP contribution in [0.2, 0.25) is 0 Å². The number of ketones is 2. The van der Waals surface area contributed by atoms with Gasteiger partial charge in [-0.05, 0) is 98.5 Å². The second-order valence-corrected chi connectivity index (χ2v) is 13.5. The van der Waals surface area contributed by atoms with Gasteiger partial charge in [0.15, 0.2) is 11.6 Å². The van der Waals surface area contributed by atoms with Gasteiger partial charge in [0.05, 0.1) is 27.6 Å². The van der Waals surface area contributed by atoms with Crippen molar-refractivity contribution in [3.05, 3.63) is 142 Å². The van der Waals surface area contributed by atoms with Crippen molar-refractivity contribution in [1.82, 2.24) is 0 Å². The predicted molar refractivity (Wildman–Crippen MR) is 225 cm³/mol. The number of aryl methyl sites for hydroxylation is 4. The van der Waals surface area contributed by atoms with Crippen molar-refractivity contribution < 1.29 is 61.5 Å². The number of phenols is 7. The largest absolute Gasteiger partial charge is 0.507 e. The number of hydrogen-bond acceptors (Lipinski definition) is 14. The summed E-state index contributed by atoms with van der Waals surface area (Å²) in [5.41, 5.74) is 11.8. The van der Waals surface area contributed by atoms with Crippen LogP contribution >= 0.6 is 0 Å². The summed E-state index contributed by atoms with van der Waals surface area (Å²) in [5.74, 6) is -1.18. The van der Waals surface area contributed by atoms with Crippen molar-refractivity contribution >= 4 is 57.5 Å². The number of phenolic OH excluding ortho intramolecular Hbond substituents is 7. The van der Waals surface area contributed by atoms with E-state index < -0.39 is 0 Å². The monoisotopic (exact) mass is 800 g/mol. The van der Waals surface area contributed by atoms with E-state index in [0.29, 0.717) is 27.6 Å². The molecule has 0 fully saturated rings. The summed E-state index contributed by atoms with van der Waals surface area (Å²) >= 11 is 0. The first-order valence-electron chi connectivity index (χ1n) is 17.7. The molecule has 11 N–H and O–H groups in total. The van der Waals surface area contributed by atoms with Gasteiger partial charge < -0.3 is 46.8 Å². The SMILES string of the molecule is Cc1cc(O)cc(C)c1N.Cc1cc(O)cc(C)c1Nc1ccc(O)c2c1C(=O)c1ccccc1C2=O.O=BOO.Oc1ccc(O)c2c(O)c3ccccc3c(O)c12.[HH]. The number of nitrogens with one attached hydrogen (secondary N) is 1. The molecule has 0 saturated heterocycles. The summed E-state index contributed by atoms with van der Waals surface area (Å²) in [4.78, 5) is 28.8. The fraction of sp³-hybridized carbons (Fsp3) is 0.0909. The van der Waals surface area contributed by atoms with E-state index in [0.717, 1.165) is 33.6 Å². The minimum absolute atomic E-state index is 0. The van der Waals surface area contributed by atoms with E-state index in [1.807, 2.05) is 27.7 Å². The Balaban J connectivity index is 0.000000206. The van der Waals surface area contributed by atoms with E-state index in [1.165, 1.54) is 18.2 Å². The predicted octanol–water partition coefficient (Wildman–Crippen LogP) is 8.33. The number of rotatable bonds is 3. The first kappa shape index (κ1) is 42.4. The molecule has 15 heteroatoms. The number of anilines is 3. The number of carbonyl (C=O) groups is 2. The summed E-state index contributed by atoms with van der Waals surface area (Å²) in [7, 11) is -0.0694. The van der Waals surface area contributed by atoms with Crippen LogP contribution in [0.1, 0.15) is 55.5 Å². The number of carbonyl (C=O) groups excluding carboxylic acids is 2. The zero-order valence-electron chi connectivity index (χ0n) is 32.1. The van der Waals surface area contributed by atoms with Crippen molar-refractivity contribution in [1.29, 1.82) is 0 Å². The fourth-order valence-corrected chi connectivity index (χ4v) is 6.76. The van der Waals surface area contributed by atoms with Gasteiger partial charge in [-0.2, -0.15) is 0 Å². The first-order chi connectivity index (χ1) is 28.0. The maximum absolute atomic E-state index is 13.1. The van der Waals surface area contributed by atoms with Crippen LogP contribution in [0.5, 0.6) is 40.2 Å². The van der Waals surface area contributed by atoms with Crippen molar-refractivity contribution in [3.63, 3.8) is 0 Å². The molecule has 0 unspecified atom stereocenters. The van der Waals surface area contributed by atoms with Crippen molar-refractivity contribution in [3.8, 4) is 40.2 Å². The van der Waals surface area contributed by atoms with Gasteiger partial charge in [0.25, 0.3) is 0 Å². The van der Waals surface area contributed by atoms with Gasteiger partial charge in [-0.3, -0.25) is 9.59 Å². The second kappa shape index (κ2) is 17.6. The molecule has 0 bridgehead atoms. The Kier molecular flexibility index (Phi) is 12.6. The smallest absolute Gasteiger partial charge is 0.135 e. The molecule has 1 aliphatic rings. The van der Waals surface area contributed by atoms with Gasteiger partial charge in [-0.1, -0.05) is 48.5 Å². The molecule has 0 radical (unpaired) electrons. The number of nitrogens with two attached hydrogens (primary N) is 1. The Bertz CT molecular complexity index is 2680. The van der Waals surface area contributed by atoms with E-state index in [-0.39, 0.29) is 82.5 Å².